The van der Waals surface area contributed by atoms with Gasteiger partial charge in [0.25, 0.3) is 5.91 Å². The number of anilines is 1. The number of hydrogen-bond acceptors (Lipinski definition) is 6. The van der Waals surface area contributed by atoms with Gasteiger partial charge in [0, 0.05) is 74.6 Å². The molecule has 1 saturated heterocycles. The largest absolute Gasteiger partial charge is 0.370 e. The quantitative estimate of drug-likeness (QED) is 0.272. The Morgan fingerprint density at radius 2 is 1.70 bits per heavy atom. The summed E-state index contributed by atoms with van der Waals surface area (Å²) in [5, 5.41) is 0.715. The first kappa shape index (κ1) is 29.6. The summed E-state index contributed by atoms with van der Waals surface area (Å²) in [6, 6.07) is 17.1. The molecule has 1 atom stereocenters. The molecule has 4 aromatic rings. The molecule has 1 aliphatic carbocycles. The number of fused-ring (bicyclic) bond motifs is 1. The van der Waals surface area contributed by atoms with Crippen molar-refractivity contribution in [2.75, 3.05) is 32.1 Å². The molecule has 1 amide bonds. The van der Waals surface area contributed by atoms with Crippen molar-refractivity contribution in [3.05, 3.63) is 102 Å². The number of allylic oxidation sites excluding steroid dienone is 3. The monoisotopic (exact) mass is 608 g/mol. The Bertz CT molecular complexity index is 1940. The Labute approximate surface area is 258 Å². The lowest BCUT2D eigenvalue weighted by molar-refractivity contribution is -0.119. The van der Waals surface area contributed by atoms with Crippen LogP contribution >= 0.6 is 0 Å². The second-order valence-electron chi connectivity index (χ2n) is 12.0. The number of carbonyl (C=O) groups is 2. The molecule has 0 radical (unpaired) electrons. The summed E-state index contributed by atoms with van der Waals surface area (Å²) < 4.78 is 29.0. The van der Waals surface area contributed by atoms with Gasteiger partial charge in [-0.2, -0.15) is 0 Å². The third-order valence-electron chi connectivity index (χ3n) is 8.70. The molecule has 226 valence electrons. The molecule has 0 N–H and O–H groups in total. The van der Waals surface area contributed by atoms with Crippen LogP contribution in [0.5, 0.6) is 0 Å². The minimum atomic E-state index is -3.96. The van der Waals surface area contributed by atoms with E-state index in [1.54, 1.807) is 51.6 Å². The van der Waals surface area contributed by atoms with Crippen molar-refractivity contribution in [3.63, 3.8) is 0 Å². The average Bonchev–Trinajstić information content (AvgIpc) is 3.42. The zero-order valence-electron chi connectivity index (χ0n) is 25.4. The Morgan fingerprint density at radius 1 is 1.00 bits per heavy atom. The molecule has 0 spiro atoms. The van der Waals surface area contributed by atoms with E-state index >= 15 is 0 Å². The fraction of sp³-hybridized carbons (Fsp3) is 0.286. The lowest BCUT2D eigenvalue weighted by atomic mass is 9.92. The minimum Gasteiger partial charge on any atom is -0.370 e. The number of aryl methyl sites for hydroxylation is 1. The molecular weight excluding hydrogens is 572 g/mol. The van der Waals surface area contributed by atoms with Gasteiger partial charge < -0.3 is 9.80 Å². The molecular formula is C35H36N4O4S. The zero-order chi connectivity index (χ0) is 31.2. The van der Waals surface area contributed by atoms with Crippen LogP contribution in [-0.2, 0) is 14.8 Å². The number of piperidine rings is 1. The Kier molecular flexibility index (Phi) is 7.53. The van der Waals surface area contributed by atoms with Gasteiger partial charge in [-0.3, -0.25) is 9.59 Å². The number of amides is 1. The maximum Gasteiger partial charge on any atom is 0.253 e. The number of aromatic nitrogens is 2. The van der Waals surface area contributed by atoms with Crippen LogP contribution in [0.4, 0.5) is 5.69 Å². The van der Waals surface area contributed by atoms with Gasteiger partial charge in [-0.15, -0.1) is 0 Å². The van der Waals surface area contributed by atoms with Gasteiger partial charge in [-0.25, -0.2) is 17.4 Å². The lowest BCUT2D eigenvalue weighted by Crippen LogP contribution is -2.38. The third-order valence-corrected chi connectivity index (χ3v) is 11.0. The first-order chi connectivity index (χ1) is 21.0. The van der Waals surface area contributed by atoms with Crippen LogP contribution in [0.1, 0.15) is 47.7 Å². The number of nitrogens with zero attached hydrogens (tertiary/aromatic N) is 4. The number of pyridine rings is 1. The summed E-state index contributed by atoms with van der Waals surface area (Å²) >= 11 is 0. The van der Waals surface area contributed by atoms with Crippen molar-refractivity contribution in [2.45, 2.75) is 37.9 Å². The van der Waals surface area contributed by atoms with Crippen LogP contribution in [-0.4, -0.2) is 65.9 Å². The second kappa shape index (κ2) is 11.2. The molecule has 2 aromatic carbocycles. The van der Waals surface area contributed by atoms with Crippen LogP contribution in [0.2, 0.25) is 0 Å². The van der Waals surface area contributed by atoms with Crippen LogP contribution in [0.15, 0.2) is 85.2 Å². The highest BCUT2D eigenvalue weighted by atomic mass is 32.2. The molecule has 44 heavy (non-hydrogen) atoms. The van der Waals surface area contributed by atoms with Crippen molar-refractivity contribution >= 4 is 44.0 Å². The molecule has 8 nitrogen and oxygen atoms in total. The summed E-state index contributed by atoms with van der Waals surface area (Å²) in [5.74, 6) is 0.206. The molecule has 1 fully saturated rings. The van der Waals surface area contributed by atoms with E-state index in [-0.39, 0.29) is 5.91 Å². The number of hydrogen-bond donors (Lipinski definition) is 0. The van der Waals surface area contributed by atoms with Gasteiger partial charge >= 0.3 is 0 Å². The van der Waals surface area contributed by atoms with E-state index in [9.17, 15) is 18.0 Å². The fourth-order valence-electron chi connectivity index (χ4n) is 6.12. The maximum absolute atomic E-state index is 14.5. The highest BCUT2D eigenvalue weighted by Crippen LogP contribution is 2.39. The number of ketones is 1. The minimum absolute atomic E-state index is 0.100. The molecule has 0 saturated carbocycles. The van der Waals surface area contributed by atoms with Crippen LogP contribution in [0.3, 0.4) is 0 Å². The maximum atomic E-state index is 14.5. The normalized spacial score (nSPS) is 18.9. The van der Waals surface area contributed by atoms with Crippen molar-refractivity contribution < 1.29 is 18.0 Å². The van der Waals surface area contributed by atoms with E-state index in [1.807, 2.05) is 42.5 Å². The summed E-state index contributed by atoms with van der Waals surface area (Å²) in [5.41, 5.74) is 6.43. The SMILES string of the molecule is Cc1cc(C2=CC(C)(S(=O)(=O)n3cc(-c4ccc(C(=O)N(C)C)cc4)c4cccnc43)CC=C2)ccc1N1CCC(=O)CC1. The molecule has 0 bridgehead atoms. The summed E-state index contributed by atoms with van der Waals surface area (Å²) in [6.45, 7) is 5.25. The standard InChI is InChI=1S/C35H36N4O4S/c1-24-21-27(13-14-32(24)38-19-15-29(40)16-20-38)28-7-5-17-35(2,22-28)44(42,43)39-23-31(30-8-6-18-36-33(30)39)25-9-11-26(12-10-25)34(41)37(3)4/h5-14,18,21-23H,15-17,19-20H2,1-4H3. The molecule has 6 rings (SSSR count). The van der Waals surface area contributed by atoms with Gasteiger partial charge in [-0.1, -0.05) is 36.4 Å². The van der Waals surface area contributed by atoms with Crippen molar-refractivity contribution in [3.8, 4) is 11.1 Å². The second-order valence-corrected chi connectivity index (χ2v) is 14.3. The smallest absolute Gasteiger partial charge is 0.253 e. The fourth-order valence-corrected chi connectivity index (χ4v) is 7.77. The predicted molar refractivity (Wildman–Crippen MR) is 175 cm³/mol. The zero-order valence-corrected chi connectivity index (χ0v) is 26.3. The molecule has 2 aromatic heterocycles. The van der Waals surface area contributed by atoms with E-state index in [1.165, 1.54) is 8.87 Å². The van der Waals surface area contributed by atoms with Gasteiger partial charge in [0.2, 0.25) is 10.0 Å². The first-order valence-electron chi connectivity index (χ1n) is 14.8. The van der Waals surface area contributed by atoms with E-state index < -0.39 is 14.8 Å². The van der Waals surface area contributed by atoms with Gasteiger partial charge in [0.05, 0.1) is 0 Å². The van der Waals surface area contributed by atoms with Gasteiger partial charge in [0.15, 0.2) is 5.65 Å². The van der Waals surface area contributed by atoms with Crippen molar-refractivity contribution in [1.29, 1.82) is 0 Å². The van der Waals surface area contributed by atoms with E-state index in [0.29, 0.717) is 41.6 Å². The van der Waals surface area contributed by atoms with Gasteiger partial charge in [0.1, 0.15) is 10.5 Å². The highest BCUT2D eigenvalue weighted by Gasteiger charge is 2.40. The summed E-state index contributed by atoms with van der Waals surface area (Å²) in [4.78, 5) is 32.4. The van der Waals surface area contributed by atoms with Crippen LogP contribution in [0, 0.1) is 6.92 Å². The molecule has 2 aliphatic rings. The van der Waals surface area contributed by atoms with Gasteiger partial charge in [-0.05, 0) is 78.9 Å². The Balaban J connectivity index is 1.36. The molecule has 1 aliphatic heterocycles. The summed E-state index contributed by atoms with van der Waals surface area (Å²) in [6.07, 6.45) is 10.5. The van der Waals surface area contributed by atoms with Crippen molar-refractivity contribution in [2.24, 2.45) is 0 Å². The highest BCUT2D eigenvalue weighted by molar-refractivity contribution is 7.91. The van der Waals surface area contributed by atoms with E-state index in [0.717, 1.165) is 46.6 Å². The van der Waals surface area contributed by atoms with Crippen molar-refractivity contribution in [1.82, 2.24) is 13.9 Å². The lowest BCUT2D eigenvalue weighted by Gasteiger charge is -2.31. The third kappa shape index (κ3) is 5.15. The number of carbonyl (C=O) groups excluding carboxylic acids is 2. The first-order valence-corrected chi connectivity index (χ1v) is 16.2. The Morgan fingerprint density at radius 3 is 2.39 bits per heavy atom. The van der Waals surface area contributed by atoms with E-state index in [2.05, 4.69) is 28.9 Å². The average molecular weight is 609 g/mol. The molecule has 1 unspecified atom stereocenters. The topological polar surface area (TPSA) is 92.6 Å². The Hall–Kier alpha value is -4.50. The number of rotatable bonds is 6. The van der Waals surface area contributed by atoms with E-state index in [4.69, 9.17) is 0 Å². The van der Waals surface area contributed by atoms with Crippen LogP contribution < -0.4 is 4.90 Å². The predicted octanol–water partition coefficient (Wildman–Crippen LogP) is 5.86. The summed E-state index contributed by atoms with van der Waals surface area (Å²) in [7, 11) is -0.553. The number of Topliss-reactive ketones (excluding diaryl/α,β-unsaturated/α-hetero) is 1. The molecule has 9 heteroatoms. The number of benzene rings is 2. The molecule has 3 heterocycles. The van der Waals surface area contributed by atoms with Crippen LogP contribution in [0.25, 0.3) is 27.7 Å².